The van der Waals surface area contributed by atoms with Crippen molar-refractivity contribution in [3.63, 3.8) is 0 Å². The highest BCUT2D eigenvalue weighted by atomic mass is 16.5. The standard InChI is InChI=1S/C26H29N3O4/c1-16-11-23(30)24(33-15-17-6-10-29(17)2)14-20(16)25(31)28-26(7-8-26)21-12-18(32-3)13-22-19(21)5-4-9-27-22/h4-5,9,11-14,17,30H,6-8,10,15H2,1-3H3,(H,28,31). The van der Waals surface area contributed by atoms with Crippen molar-refractivity contribution in [2.75, 3.05) is 27.3 Å². The predicted molar refractivity (Wildman–Crippen MR) is 126 cm³/mol. The van der Waals surface area contributed by atoms with Crippen molar-refractivity contribution in [2.45, 2.75) is 37.8 Å². The summed E-state index contributed by atoms with van der Waals surface area (Å²) in [5, 5.41) is 14.6. The highest BCUT2D eigenvalue weighted by molar-refractivity contribution is 5.98. The van der Waals surface area contributed by atoms with E-state index < -0.39 is 5.54 Å². The second-order valence-corrected chi connectivity index (χ2v) is 9.15. The van der Waals surface area contributed by atoms with Crippen LogP contribution in [-0.2, 0) is 5.54 Å². The van der Waals surface area contributed by atoms with Crippen molar-refractivity contribution in [2.24, 2.45) is 0 Å². The Kier molecular flexibility index (Phi) is 5.37. The average molecular weight is 448 g/mol. The molecule has 1 aliphatic carbocycles. The molecule has 172 valence electrons. The van der Waals surface area contributed by atoms with E-state index >= 15 is 0 Å². The zero-order valence-corrected chi connectivity index (χ0v) is 19.2. The van der Waals surface area contributed by atoms with Crippen LogP contribution in [0.3, 0.4) is 0 Å². The quantitative estimate of drug-likeness (QED) is 0.574. The Bertz CT molecular complexity index is 1220. The first-order valence-electron chi connectivity index (χ1n) is 11.3. The fourth-order valence-electron chi connectivity index (χ4n) is 4.54. The molecule has 1 amide bonds. The smallest absolute Gasteiger partial charge is 0.252 e. The third kappa shape index (κ3) is 3.97. The van der Waals surface area contributed by atoms with E-state index in [1.807, 2.05) is 31.2 Å². The molecule has 7 heteroatoms. The normalized spacial score (nSPS) is 19.1. The zero-order valence-electron chi connectivity index (χ0n) is 19.2. The number of phenolic OH excluding ortho intramolecular Hbond substituents is 1. The molecule has 33 heavy (non-hydrogen) atoms. The van der Waals surface area contributed by atoms with Crippen molar-refractivity contribution >= 4 is 16.8 Å². The maximum absolute atomic E-state index is 13.4. The van der Waals surface area contributed by atoms with Crippen molar-refractivity contribution in [3.05, 3.63) is 59.3 Å². The Morgan fingerprint density at radius 2 is 2.12 bits per heavy atom. The van der Waals surface area contributed by atoms with Crippen LogP contribution in [0, 0.1) is 6.92 Å². The largest absolute Gasteiger partial charge is 0.504 e. The third-order valence-electron chi connectivity index (χ3n) is 6.97. The minimum Gasteiger partial charge on any atom is -0.504 e. The molecule has 1 aliphatic heterocycles. The Morgan fingerprint density at radius 1 is 1.30 bits per heavy atom. The highest BCUT2D eigenvalue weighted by Gasteiger charge is 2.47. The van der Waals surface area contributed by atoms with Gasteiger partial charge in [0.15, 0.2) is 11.5 Å². The molecule has 1 atom stereocenters. The van der Waals surface area contributed by atoms with E-state index in [9.17, 15) is 9.90 Å². The van der Waals surface area contributed by atoms with Gasteiger partial charge in [-0.15, -0.1) is 0 Å². The van der Waals surface area contributed by atoms with E-state index in [0.717, 1.165) is 42.3 Å². The summed E-state index contributed by atoms with van der Waals surface area (Å²) < 4.78 is 11.4. The summed E-state index contributed by atoms with van der Waals surface area (Å²) in [6, 6.07) is 11.4. The number of carbonyl (C=O) groups excluding carboxylic acids is 1. The van der Waals surface area contributed by atoms with E-state index in [1.54, 1.807) is 25.4 Å². The molecule has 0 bridgehead atoms. The minimum absolute atomic E-state index is 0.0528. The fraction of sp³-hybridized carbons (Fsp3) is 0.385. The van der Waals surface area contributed by atoms with Crippen molar-refractivity contribution < 1.29 is 19.4 Å². The molecule has 0 spiro atoms. The molecule has 7 nitrogen and oxygen atoms in total. The number of likely N-dealkylation sites (N-methyl/N-ethyl adjacent to an activating group) is 1. The molecule has 1 saturated heterocycles. The van der Waals surface area contributed by atoms with Crippen LogP contribution in [0.1, 0.15) is 40.7 Å². The van der Waals surface area contributed by atoms with Crippen LogP contribution < -0.4 is 14.8 Å². The van der Waals surface area contributed by atoms with Crippen LogP contribution in [-0.4, -0.2) is 54.2 Å². The molecule has 2 aromatic carbocycles. The predicted octanol–water partition coefficient (Wildman–Crippen LogP) is 3.76. The van der Waals surface area contributed by atoms with Gasteiger partial charge >= 0.3 is 0 Å². The van der Waals surface area contributed by atoms with Gasteiger partial charge in [0, 0.05) is 29.3 Å². The van der Waals surface area contributed by atoms with E-state index in [4.69, 9.17) is 9.47 Å². The van der Waals surface area contributed by atoms with Gasteiger partial charge in [0.05, 0.1) is 18.2 Å². The van der Waals surface area contributed by atoms with Crippen LogP contribution >= 0.6 is 0 Å². The molecule has 2 heterocycles. The number of nitrogens with one attached hydrogen (secondary N) is 1. The Balaban J connectivity index is 1.42. The Hall–Kier alpha value is -3.32. The minimum atomic E-state index is -0.465. The number of aryl methyl sites for hydroxylation is 1. The number of hydrogen-bond acceptors (Lipinski definition) is 6. The summed E-state index contributed by atoms with van der Waals surface area (Å²) in [6.07, 6.45) is 4.50. The molecule has 1 saturated carbocycles. The first-order valence-corrected chi connectivity index (χ1v) is 11.3. The van der Waals surface area contributed by atoms with Gasteiger partial charge < -0.3 is 19.9 Å². The topological polar surface area (TPSA) is 83.9 Å². The third-order valence-corrected chi connectivity index (χ3v) is 6.97. The van der Waals surface area contributed by atoms with Gasteiger partial charge in [0.1, 0.15) is 12.4 Å². The lowest BCUT2D eigenvalue weighted by Gasteiger charge is -2.37. The van der Waals surface area contributed by atoms with E-state index in [-0.39, 0.29) is 11.7 Å². The van der Waals surface area contributed by atoms with Crippen molar-refractivity contribution in [1.82, 2.24) is 15.2 Å². The van der Waals surface area contributed by atoms with Gasteiger partial charge in [-0.2, -0.15) is 0 Å². The number of rotatable bonds is 7. The maximum Gasteiger partial charge on any atom is 0.252 e. The van der Waals surface area contributed by atoms with Gasteiger partial charge in [-0.1, -0.05) is 6.07 Å². The van der Waals surface area contributed by atoms with Crippen LogP contribution in [0.15, 0.2) is 42.6 Å². The van der Waals surface area contributed by atoms with Crippen LogP contribution in [0.4, 0.5) is 0 Å². The van der Waals surface area contributed by atoms with Crippen LogP contribution in [0.2, 0.25) is 0 Å². The number of likely N-dealkylation sites (tertiary alicyclic amines) is 1. The lowest BCUT2D eigenvalue weighted by Crippen LogP contribution is -2.48. The molecule has 1 aromatic heterocycles. The molecule has 2 aliphatic rings. The number of pyridine rings is 1. The lowest BCUT2D eigenvalue weighted by molar-refractivity contribution is 0.0756. The fourth-order valence-corrected chi connectivity index (χ4v) is 4.54. The number of carbonyl (C=O) groups is 1. The number of phenols is 1. The Labute approximate surface area is 193 Å². The summed E-state index contributed by atoms with van der Waals surface area (Å²) >= 11 is 0. The van der Waals surface area contributed by atoms with Gasteiger partial charge in [-0.25, -0.2) is 0 Å². The lowest BCUT2D eigenvalue weighted by atomic mass is 9.97. The number of benzene rings is 2. The molecule has 5 rings (SSSR count). The number of fused-ring (bicyclic) bond motifs is 1. The second kappa shape index (κ2) is 8.23. The average Bonchev–Trinajstić information content (AvgIpc) is 3.58. The van der Waals surface area contributed by atoms with E-state index in [1.165, 1.54) is 0 Å². The zero-order chi connectivity index (χ0) is 23.2. The molecule has 2 N–H and O–H groups in total. The van der Waals surface area contributed by atoms with Crippen LogP contribution in [0.25, 0.3) is 10.9 Å². The Morgan fingerprint density at radius 3 is 2.79 bits per heavy atom. The summed E-state index contributed by atoms with van der Waals surface area (Å²) in [7, 11) is 3.69. The van der Waals surface area contributed by atoms with Crippen LogP contribution in [0.5, 0.6) is 17.2 Å². The molecule has 0 radical (unpaired) electrons. The van der Waals surface area contributed by atoms with Gasteiger partial charge in [0.25, 0.3) is 5.91 Å². The SMILES string of the molecule is COc1cc(C2(NC(=O)c3cc(OCC4CCN4C)c(O)cc3C)CC2)c2cccnc2c1. The van der Waals surface area contributed by atoms with E-state index in [0.29, 0.717) is 35.3 Å². The van der Waals surface area contributed by atoms with Gasteiger partial charge in [0.2, 0.25) is 0 Å². The number of aromatic hydroxyl groups is 1. The van der Waals surface area contributed by atoms with E-state index in [2.05, 4.69) is 22.2 Å². The number of methoxy groups -OCH3 is 1. The second-order valence-electron chi connectivity index (χ2n) is 9.15. The monoisotopic (exact) mass is 447 g/mol. The highest BCUT2D eigenvalue weighted by Crippen LogP contribution is 2.49. The first kappa shape index (κ1) is 21.5. The summed E-state index contributed by atoms with van der Waals surface area (Å²) in [5.41, 5.74) is 2.59. The number of ether oxygens (including phenoxy) is 2. The van der Waals surface area contributed by atoms with Crippen molar-refractivity contribution in [3.8, 4) is 17.2 Å². The summed E-state index contributed by atoms with van der Waals surface area (Å²) in [4.78, 5) is 20.1. The molecular weight excluding hydrogens is 418 g/mol. The number of hydrogen-bond donors (Lipinski definition) is 2. The maximum atomic E-state index is 13.4. The summed E-state index contributed by atoms with van der Waals surface area (Å²) in [6.45, 7) is 3.36. The summed E-state index contributed by atoms with van der Waals surface area (Å²) in [5.74, 6) is 0.925. The molecule has 1 unspecified atom stereocenters. The first-order chi connectivity index (χ1) is 15.9. The van der Waals surface area contributed by atoms with Crippen molar-refractivity contribution in [1.29, 1.82) is 0 Å². The molecular formula is C26H29N3O4. The number of amides is 1. The number of nitrogens with zero attached hydrogens (tertiary/aromatic N) is 2. The van der Waals surface area contributed by atoms with Gasteiger partial charge in [-0.05, 0) is 75.2 Å². The van der Waals surface area contributed by atoms with Gasteiger partial charge in [-0.3, -0.25) is 14.7 Å². The number of aromatic nitrogens is 1. The molecule has 2 fully saturated rings. The molecule has 3 aromatic rings.